The first-order valence-electron chi connectivity index (χ1n) is 48.8. The minimum Gasteiger partial charge on any atom is -0.497 e. The number of Topliss-reactive ketones (excluding diaryl/α,β-unsaturated/α-hetero) is 4. The SMILES string of the molecule is CCCCCCCC(=O)C(CCCCCCC(=O)OO)C(Br)(C(=O)CCCCCCC)C(=O)OO.CCCCCCCCCCCC(=O)OO.COc1ccc(/C=C/CCC(=O)OO)cc1.Cc1ccc(/C=C/CCC(=O)OO)cc1.O=C(CCCCCCC(C(=O)c1ccccc1)C(Br)(C(=O)OO)C(=O)c1ccccc1)OO.O=C(CCCCc1ccccc1)OOC(=O)CCCCc1ccccc1. The normalized spacial score (nSPS) is 11.9. The lowest BCUT2D eigenvalue weighted by molar-refractivity contribution is -0.259. The van der Waals surface area contributed by atoms with Gasteiger partial charge in [0.25, 0.3) is 0 Å². The summed E-state index contributed by atoms with van der Waals surface area (Å²) < 4.78 is 0.977. The lowest BCUT2D eigenvalue weighted by Crippen LogP contribution is -2.51. The maximum atomic E-state index is 13.4. The topological polar surface area (TPSA) is 456 Å². The maximum Gasteiger partial charge on any atom is 0.367 e. The van der Waals surface area contributed by atoms with Gasteiger partial charge in [-0.1, -0.05) is 381 Å². The molecule has 0 amide bonds. The number of alkyl halides is 2. The number of hydrogen-bond acceptors (Lipinski definition) is 30. The summed E-state index contributed by atoms with van der Waals surface area (Å²) in [5.41, 5.74) is 6.33. The van der Waals surface area contributed by atoms with E-state index in [1.54, 1.807) is 55.6 Å². The van der Waals surface area contributed by atoms with Crippen molar-refractivity contribution < 1.29 is 148 Å². The van der Waals surface area contributed by atoms with Crippen LogP contribution in [0.3, 0.4) is 0 Å². The summed E-state index contributed by atoms with van der Waals surface area (Å²) in [5, 5.41) is 59.0. The highest BCUT2D eigenvalue weighted by molar-refractivity contribution is 9.10. The van der Waals surface area contributed by atoms with Crippen LogP contribution >= 0.6 is 31.9 Å². The van der Waals surface area contributed by atoms with Gasteiger partial charge in [-0.3, -0.25) is 29.0 Å². The maximum absolute atomic E-state index is 13.4. The Morgan fingerprint density at radius 3 is 0.993 bits per heavy atom. The van der Waals surface area contributed by atoms with E-state index in [0.29, 0.717) is 102 Å². The number of rotatable bonds is 65. The van der Waals surface area contributed by atoms with Crippen LogP contribution in [-0.4, -0.2) is 129 Å². The van der Waals surface area contributed by atoms with Crippen molar-refractivity contribution in [2.45, 2.75) is 332 Å². The Hall–Kier alpha value is -10.8. The molecule has 6 aromatic rings. The van der Waals surface area contributed by atoms with E-state index in [4.69, 9.17) is 31.0 Å². The molecule has 0 radical (unpaired) electrons. The molecule has 0 aliphatic carbocycles. The molecule has 0 saturated heterocycles. The highest BCUT2D eigenvalue weighted by Gasteiger charge is 2.56. The first kappa shape index (κ1) is 127. The number of hydrogen-bond donors (Lipinski definition) is 7. The van der Waals surface area contributed by atoms with E-state index in [0.717, 1.165) is 107 Å². The highest BCUT2D eigenvalue weighted by atomic mass is 79.9. The van der Waals surface area contributed by atoms with Gasteiger partial charge in [-0.05, 0) is 138 Å². The zero-order chi connectivity index (χ0) is 104. The van der Waals surface area contributed by atoms with Crippen LogP contribution in [0.15, 0.2) is 182 Å². The van der Waals surface area contributed by atoms with Gasteiger partial charge in [0, 0.05) is 43.2 Å². The van der Waals surface area contributed by atoms with Crippen LogP contribution < -0.4 is 4.74 Å². The van der Waals surface area contributed by atoms with E-state index in [2.05, 4.69) is 121 Å². The number of allylic oxidation sites excluding steroid dienone is 2. The number of methoxy groups -OCH3 is 1. The zero-order valence-corrected chi connectivity index (χ0v) is 85.1. The molecule has 4 atom stereocenters. The number of ether oxygens (including phenoxy) is 1. The third-order valence-corrected chi connectivity index (χ3v) is 25.0. The molecule has 30 nitrogen and oxygen atoms in total. The molecule has 0 spiro atoms. The van der Waals surface area contributed by atoms with Crippen molar-refractivity contribution in [2.75, 3.05) is 7.11 Å². The minimum absolute atomic E-state index is 0.0502. The van der Waals surface area contributed by atoms with E-state index >= 15 is 0 Å². The first-order chi connectivity index (χ1) is 67.7. The van der Waals surface area contributed by atoms with Gasteiger partial charge in [-0.15, -0.1) is 0 Å². The van der Waals surface area contributed by atoms with Gasteiger partial charge in [-0.25, -0.2) is 52.9 Å². The molecule has 0 aromatic heterocycles. The number of halogens is 2. The molecule has 4 unspecified atom stereocenters. The van der Waals surface area contributed by atoms with Crippen molar-refractivity contribution in [2.24, 2.45) is 11.8 Å². The van der Waals surface area contributed by atoms with Crippen molar-refractivity contribution in [3.8, 4) is 5.75 Å². The van der Waals surface area contributed by atoms with Crippen molar-refractivity contribution in [3.05, 3.63) is 221 Å². The number of carbonyl (C=O) groups is 13. The largest absolute Gasteiger partial charge is 0.497 e. The zero-order valence-electron chi connectivity index (χ0n) is 81.9. The molecule has 6 aromatic carbocycles. The highest BCUT2D eigenvalue weighted by Crippen LogP contribution is 2.41. The second-order valence-electron chi connectivity index (χ2n) is 33.6. The first-order valence-corrected chi connectivity index (χ1v) is 50.3. The van der Waals surface area contributed by atoms with Crippen molar-refractivity contribution in [1.29, 1.82) is 0 Å². The number of aryl methyl sites for hydroxylation is 3. The molecule has 7 N–H and O–H groups in total. The Morgan fingerprint density at radius 1 is 0.314 bits per heavy atom. The fourth-order valence-electron chi connectivity index (χ4n) is 14.5. The average Bonchev–Trinajstić information content (AvgIpc) is 0.768. The standard InChI is InChI=1S/C26H45BrO8.C24H25BrO8.C22H26O4.C12H14O4.C12H14O3.C12H24O3/c1-3-5-7-9-14-18-22(28)21(17-13-11-12-16-20-24(30)34-32)26(27,25(31)35-33)23(29)19-15-10-8-6-4-2;25-24(23(29)33-31,22(28)18-13-7-4-8-14-18)19(21(27)17-11-5-3-6-12-17)15-9-1-2-10-16-20(26)32-30;23-21(17-9-7-15-19-11-3-1-4-12-19)25-26-22(24)18-10-8-16-20-13-5-2-6-14-20;1-15-11-8-6-10(7-9-11)4-2-3-5-12(13)16-14;1-10-6-8-11(9-7-10)4-2-3-5-12(13)15-14;1-2-3-4-5-6-7-8-9-10-11-12(13)15-14/h21,32-33H,3-20H2,1-2H3;3-8,11-14,19,30-31H,1-2,9-10,15-16H2;1-6,11-14H,7-10,15-18H2;2,4,6-9,14H,3,5H2,1H3;2,4,6-9,14H,3,5H2,1H3;14H,2-11H2,1H3/b;;;2*4-2+;. The number of carbonyl (C=O) groups excluding carboxylic acids is 13. The predicted molar refractivity (Wildman–Crippen MR) is 538 cm³/mol. The molecular formula is C108H148Br2O30. The third-order valence-electron chi connectivity index (χ3n) is 22.5. The van der Waals surface area contributed by atoms with Gasteiger partial charge in [-0.2, -0.15) is 36.8 Å². The number of ketones is 4. The summed E-state index contributed by atoms with van der Waals surface area (Å²) in [7, 11) is 1.62. The lowest BCUT2D eigenvalue weighted by Gasteiger charge is -2.31. The second kappa shape index (κ2) is 82.9. The lowest BCUT2D eigenvalue weighted by atomic mass is 9.78. The molecule has 140 heavy (non-hydrogen) atoms. The average molecular weight is 2090 g/mol. The smallest absolute Gasteiger partial charge is 0.367 e. The fraction of sp³-hybridized carbons (Fsp3) is 0.509. The summed E-state index contributed by atoms with van der Waals surface area (Å²) >= 11 is 6.47. The van der Waals surface area contributed by atoms with E-state index in [1.807, 2.05) is 116 Å². The van der Waals surface area contributed by atoms with E-state index in [9.17, 15) is 72.8 Å². The molecule has 32 heteroatoms. The number of benzene rings is 6. The molecule has 0 heterocycles. The van der Waals surface area contributed by atoms with Crippen LogP contribution in [0, 0.1) is 18.8 Å². The Labute approximate surface area is 841 Å². The van der Waals surface area contributed by atoms with Crippen molar-refractivity contribution in [3.63, 3.8) is 0 Å². The fourth-order valence-corrected chi connectivity index (χ4v) is 16.0. The molecule has 0 aliphatic rings. The molecule has 0 saturated carbocycles. The van der Waals surface area contributed by atoms with Gasteiger partial charge in [0.2, 0.25) is 0 Å². The van der Waals surface area contributed by atoms with Gasteiger partial charge < -0.3 is 29.2 Å². The van der Waals surface area contributed by atoms with Crippen LogP contribution in [0.25, 0.3) is 12.2 Å². The quantitative estimate of drug-likeness (QED) is 0.00355. The van der Waals surface area contributed by atoms with Gasteiger partial charge in [0.1, 0.15) is 11.5 Å². The molecule has 6 rings (SSSR count). The van der Waals surface area contributed by atoms with Gasteiger partial charge in [0.15, 0.2) is 26.0 Å². The molecular weight excluding hydrogens is 1940 g/mol. The number of unbranched alkanes of at least 4 members (excludes halogenated alkanes) is 24. The molecule has 0 fully saturated rings. The van der Waals surface area contributed by atoms with E-state index in [1.165, 1.54) is 73.8 Å². The van der Waals surface area contributed by atoms with Gasteiger partial charge >= 0.3 is 53.7 Å². The van der Waals surface area contributed by atoms with Crippen LogP contribution in [-0.2, 0) is 110 Å². The van der Waals surface area contributed by atoms with E-state index < -0.39 is 91.6 Å². The second-order valence-corrected chi connectivity index (χ2v) is 36.1. The Kier molecular flexibility index (Phi) is 75.3. The Bertz CT molecular complexity index is 4380. The Morgan fingerprint density at radius 2 is 0.621 bits per heavy atom. The molecule has 0 aliphatic heterocycles. The monoisotopic (exact) mass is 2080 g/mol. The van der Waals surface area contributed by atoms with Crippen LogP contribution in [0.1, 0.15) is 352 Å². The van der Waals surface area contributed by atoms with Crippen LogP contribution in [0.2, 0.25) is 0 Å². The van der Waals surface area contributed by atoms with Gasteiger partial charge in [0.05, 0.1) is 44.6 Å². The third kappa shape index (κ3) is 59.1. The van der Waals surface area contributed by atoms with Crippen LogP contribution in [0.4, 0.5) is 0 Å². The Balaban J connectivity index is 0.000000868. The van der Waals surface area contributed by atoms with Crippen LogP contribution in [0.5, 0.6) is 5.75 Å². The summed E-state index contributed by atoms with van der Waals surface area (Å²) in [6.07, 6.45) is 40.7. The van der Waals surface area contributed by atoms with E-state index in [-0.39, 0.29) is 75.6 Å². The molecule has 0 bridgehead atoms. The van der Waals surface area contributed by atoms with Crippen molar-refractivity contribution in [1.82, 2.24) is 0 Å². The summed E-state index contributed by atoms with van der Waals surface area (Å²) in [4.78, 5) is 191. The summed E-state index contributed by atoms with van der Waals surface area (Å²) in [5.74, 6) is -9.69. The molecule has 774 valence electrons. The van der Waals surface area contributed by atoms with Crippen molar-refractivity contribution >= 4 is 121 Å². The minimum atomic E-state index is -2.14. The predicted octanol–water partition coefficient (Wildman–Crippen LogP) is 25.9. The summed E-state index contributed by atoms with van der Waals surface area (Å²) in [6.45, 7) is 8.47. The summed E-state index contributed by atoms with van der Waals surface area (Å²) in [6, 6.07) is 52.1.